The summed E-state index contributed by atoms with van der Waals surface area (Å²) in [5.74, 6) is 0. The highest BCUT2D eigenvalue weighted by Crippen LogP contribution is 2.49. The average molecular weight is 725 g/mol. The highest BCUT2D eigenvalue weighted by molar-refractivity contribution is 6.90. The second-order valence-corrected chi connectivity index (χ2v) is 15.7. The molecule has 0 saturated heterocycles. The molecule has 0 radical (unpaired) electrons. The highest BCUT2D eigenvalue weighted by atomic mass is 16.3. The van der Waals surface area contributed by atoms with Crippen LogP contribution in [0.15, 0.2) is 186 Å². The number of hydrogen-bond donors (Lipinski definition) is 0. The topological polar surface area (TPSA) is 21.3 Å². The Bertz CT molecular complexity index is 3500. The maximum Gasteiger partial charge on any atom is 0.333 e. The van der Waals surface area contributed by atoms with Gasteiger partial charge in [-0.1, -0.05) is 140 Å². The summed E-state index contributed by atoms with van der Waals surface area (Å²) >= 11 is 0. The molecule has 13 rings (SSSR count). The van der Waals surface area contributed by atoms with Gasteiger partial charge >= 0.3 is 6.85 Å². The molecule has 9 aromatic carbocycles. The van der Waals surface area contributed by atoms with Crippen LogP contribution in [0.2, 0.25) is 0 Å². The summed E-state index contributed by atoms with van der Waals surface area (Å²) in [5, 5.41) is 7.33. The number of anilines is 3. The molecular formula is C53H33BN2O. The van der Waals surface area contributed by atoms with E-state index in [1.54, 1.807) is 0 Å². The largest absolute Gasteiger partial charge is 0.454 e. The zero-order chi connectivity index (χ0) is 37.4. The third-order valence-corrected chi connectivity index (χ3v) is 12.7. The van der Waals surface area contributed by atoms with Gasteiger partial charge in [0.25, 0.3) is 0 Å². The summed E-state index contributed by atoms with van der Waals surface area (Å²) < 4.78 is 9.51. The minimum absolute atomic E-state index is 0.0667. The fraction of sp³-hybridized carbons (Fsp3) is 0.0189. The molecule has 0 spiro atoms. The molecule has 2 aromatic heterocycles. The van der Waals surface area contributed by atoms with Crippen LogP contribution in [0, 0.1) is 6.92 Å². The first-order valence-electron chi connectivity index (χ1n) is 19.8. The Hall–Kier alpha value is -7.30. The average Bonchev–Trinajstić information content (AvgIpc) is 3.80. The van der Waals surface area contributed by atoms with E-state index in [1.807, 2.05) is 0 Å². The molecular weight excluding hydrogens is 691 g/mol. The normalized spacial score (nSPS) is 12.9. The second kappa shape index (κ2) is 11.4. The van der Waals surface area contributed by atoms with Crippen LogP contribution in [-0.4, -0.2) is 11.3 Å². The minimum atomic E-state index is -0.0667. The van der Waals surface area contributed by atoms with Crippen LogP contribution in [0.1, 0.15) is 5.56 Å². The van der Waals surface area contributed by atoms with Crippen molar-refractivity contribution in [3.63, 3.8) is 0 Å². The number of aromatic nitrogens is 1. The molecule has 264 valence electrons. The lowest BCUT2D eigenvalue weighted by Gasteiger charge is -2.41. The molecule has 0 amide bonds. The first-order valence-corrected chi connectivity index (χ1v) is 19.8. The van der Waals surface area contributed by atoms with Gasteiger partial charge in [0.05, 0.1) is 5.69 Å². The third kappa shape index (κ3) is 4.22. The molecule has 4 heteroatoms. The van der Waals surface area contributed by atoms with Gasteiger partial charge in [-0.3, -0.25) is 0 Å². The van der Waals surface area contributed by atoms with Gasteiger partial charge in [0, 0.05) is 49.5 Å². The molecule has 11 aromatic rings. The Labute approximate surface area is 329 Å². The van der Waals surface area contributed by atoms with Crippen LogP contribution >= 0.6 is 0 Å². The molecule has 0 saturated carbocycles. The Morgan fingerprint density at radius 1 is 0.456 bits per heavy atom. The summed E-state index contributed by atoms with van der Waals surface area (Å²) in [6.45, 7) is 2.16. The van der Waals surface area contributed by atoms with Crippen molar-refractivity contribution in [2.75, 3.05) is 4.90 Å². The zero-order valence-electron chi connectivity index (χ0n) is 31.2. The van der Waals surface area contributed by atoms with E-state index in [-0.39, 0.29) is 6.85 Å². The molecule has 0 atom stereocenters. The number of rotatable bonds is 3. The van der Waals surface area contributed by atoms with Gasteiger partial charge in [-0.25, -0.2) is 0 Å². The van der Waals surface area contributed by atoms with E-state index in [0.717, 1.165) is 33.3 Å². The predicted octanol–water partition coefficient (Wildman–Crippen LogP) is 12.9. The van der Waals surface area contributed by atoms with Gasteiger partial charge in [0.1, 0.15) is 5.58 Å². The number of furan rings is 1. The van der Waals surface area contributed by atoms with Crippen molar-refractivity contribution in [2.24, 2.45) is 0 Å². The smallest absolute Gasteiger partial charge is 0.333 e. The standard InChI is InChI=1S/C53H33BN2O/c1-32-13-5-8-18-38(32)37-28-44-41-21-11-20-40-43-27-34-16-6-7-17-35(34)29-47(43)56(52(40)41)54-45-26-25-36(33-14-3-2-4-15-33)30-48(45)55(49(31-37)51(44)54)46-23-12-22-42-39-19-9-10-24-50(39)57-53(42)46/h2-31H,1H3. The van der Waals surface area contributed by atoms with Gasteiger partial charge in [0.15, 0.2) is 5.58 Å². The van der Waals surface area contributed by atoms with Crippen molar-refractivity contribution in [3.05, 3.63) is 188 Å². The fourth-order valence-electron chi connectivity index (χ4n) is 10.2. The minimum Gasteiger partial charge on any atom is -0.454 e. The number of para-hydroxylation sites is 3. The Balaban J connectivity index is 1.21. The van der Waals surface area contributed by atoms with E-state index < -0.39 is 0 Å². The molecule has 4 heterocycles. The first kappa shape index (κ1) is 31.0. The summed E-state index contributed by atoms with van der Waals surface area (Å²) in [5.41, 5.74) is 18.9. The lowest BCUT2D eigenvalue weighted by molar-refractivity contribution is 0.669. The SMILES string of the molecule is Cc1ccccc1-c1cc2c3c(c1)N(c1cccc4c1oc1ccccc14)c1cc(-c4ccccc4)ccc1B3n1c3cc4ccccc4cc3c3cccc-2c31. The van der Waals surface area contributed by atoms with E-state index >= 15 is 0 Å². The monoisotopic (exact) mass is 724 g/mol. The molecule has 0 fully saturated rings. The third-order valence-electron chi connectivity index (χ3n) is 12.7. The fourth-order valence-corrected chi connectivity index (χ4v) is 10.2. The van der Waals surface area contributed by atoms with E-state index in [2.05, 4.69) is 198 Å². The summed E-state index contributed by atoms with van der Waals surface area (Å²) in [6, 6.07) is 67.1. The van der Waals surface area contributed by atoms with E-state index in [1.165, 1.54) is 88.1 Å². The van der Waals surface area contributed by atoms with Crippen LogP contribution < -0.4 is 15.8 Å². The molecule has 2 aliphatic heterocycles. The van der Waals surface area contributed by atoms with Gasteiger partial charge in [-0.2, -0.15) is 0 Å². The maximum atomic E-state index is 6.86. The predicted molar refractivity (Wildman–Crippen MR) is 240 cm³/mol. The zero-order valence-corrected chi connectivity index (χ0v) is 31.2. The lowest BCUT2D eigenvalue weighted by Crippen LogP contribution is -2.56. The van der Waals surface area contributed by atoms with Crippen LogP contribution in [0.25, 0.3) is 87.9 Å². The van der Waals surface area contributed by atoms with Crippen molar-refractivity contribution in [1.29, 1.82) is 0 Å². The van der Waals surface area contributed by atoms with Gasteiger partial charge < -0.3 is 13.8 Å². The number of fused-ring (bicyclic) bond motifs is 11. The van der Waals surface area contributed by atoms with Gasteiger partial charge in [-0.15, -0.1) is 0 Å². The van der Waals surface area contributed by atoms with Crippen molar-refractivity contribution < 1.29 is 4.42 Å². The van der Waals surface area contributed by atoms with Crippen LogP contribution in [-0.2, 0) is 0 Å². The number of hydrogen-bond acceptors (Lipinski definition) is 2. The summed E-state index contributed by atoms with van der Waals surface area (Å²) in [6.07, 6.45) is 0. The van der Waals surface area contributed by atoms with E-state index in [4.69, 9.17) is 4.42 Å². The van der Waals surface area contributed by atoms with Crippen LogP contribution in [0.3, 0.4) is 0 Å². The Kier molecular flexibility index (Phi) is 6.18. The van der Waals surface area contributed by atoms with Crippen molar-refractivity contribution in [3.8, 4) is 33.4 Å². The molecule has 57 heavy (non-hydrogen) atoms. The molecule has 0 aliphatic carbocycles. The first-order chi connectivity index (χ1) is 28.2. The van der Waals surface area contributed by atoms with Crippen molar-refractivity contribution >= 4 is 89.4 Å². The van der Waals surface area contributed by atoms with E-state index in [9.17, 15) is 0 Å². The number of benzene rings is 9. The van der Waals surface area contributed by atoms with Crippen LogP contribution in [0.5, 0.6) is 0 Å². The molecule has 2 aliphatic rings. The second-order valence-electron chi connectivity index (χ2n) is 15.7. The van der Waals surface area contributed by atoms with Crippen molar-refractivity contribution in [2.45, 2.75) is 6.92 Å². The highest BCUT2D eigenvalue weighted by Gasteiger charge is 2.43. The number of nitrogens with zero attached hydrogens (tertiary/aromatic N) is 2. The number of aryl methyl sites for hydroxylation is 1. The van der Waals surface area contributed by atoms with Crippen LogP contribution in [0.4, 0.5) is 17.1 Å². The summed E-state index contributed by atoms with van der Waals surface area (Å²) in [4.78, 5) is 2.51. The molecule has 0 bridgehead atoms. The van der Waals surface area contributed by atoms with Gasteiger partial charge in [-0.05, 0) is 104 Å². The van der Waals surface area contributed by atoms with Gasteiger partial charge in [0.2, 0.25) is 0 Å². The summed E-state index contributed by atoms with van der Waals surface area (Å²) in [7, 11) is 0. The molecule has 0 N–H and O–H groups in total. The molecule has 3 nitrogen and oxygen atoms in total. The Morgan fingerprint density at radius 3 is 2.07 bits per heavy atom. The quantitative estimate of drug-likeness (QED) is 0.169. The maximum absolute atomic E-state index is 6.86. The molecule has 0 unspecified atom stereocenters. The van der Waals surface area contributed by atoms with Crippen molar-refractivity contribution in [1.82, 2.24) is 4.48 Å². The van der Waals surface area contributed by atoms with E-state index in [0.29, 0.717) is 0 Å². The Morgan fingerprint density at radius 2 is 1.18 bits per heavy atom. The lowest BCUT2D eigenvalue weighted by atomic mass is 9.45.